The van der Waals surface area contributed by atoms with E-state index in [1.54, 1.807) is 24.8 Å². The van der Waals surface area contributed by atoms with Gasteiger partial charge in [-0.3, -0.25) is 14.5 Å². The van der Waals surface area contributed by atoms with Crippen LogP contribution in [0.5, 0.6) is 0 Å². The van der Waals surface area contributed by atoms with Crippen molar-refractivity contribution in [2.24, 2.45) is 5.92 Å². The van der Waals surface area contributed by atoms with E-state index in [0.717, 1.165) is 75.4 Å². The van der Waals surface area contributed by atoms with Gasteiger partial charge in [0, 0.05) is 32.1 Å². The second kappa shape index (κ2) is 12.0. The van der Waals surface area contributed by atoms with Crippen LogP contribution < -0.4 is 4.90 Å². The predicted molar refractivity (Wildman–Crippen MR) is 143 cm³/mol. The van der Waals surface area contributed by atoms with Crippen LogP contribution in [-0.2, 0) is 15.8 Å². The Labute approximate surface area is 228 Å². The molecule has 38 heavy (non-hydrogen) atoms. The normalized spacial score (nSPS) is 18.8. The Kier molecular flexibility index (Phi) is 9.42. The number of nitriles is 1. The number of rotatable bonds is 8. The van der Waals surface area contributed by atoms with Crippen LogP contribution in [-0.4, -0.2) is 76.4 Å². The van der Waals surface area contributed by atoms with E-state index in [1.165, 1.54) is 6.07 Å². The summed E-state index contributed by atoms with van der Waals surface area (Å²) in [5, 5.41) is 9.24. The number of nitrogens with zero attached hydrogens (tertiary/aromatic N) is 5. The SMILES string of the molecule is CC(C)C(=O)N1CCCN(CCCCCN2C(=S)N(c3ccc(C#N)c(C(F)(F)F)c3)C(=O)C2(C)C)CC1. The largest absolute Gasteiger partial charge is 0.417 e. The van der Waals surface area contributed by atoms with Gasteiger partial charge in [0.15, 0.2) is 5.11 Å². The number of halogens is 3. The highest BCUT2D eigenvalue weighted by molar-refractivity contribution is 7.80. The molecule has 2 heterocycles. The lowest BCUT2D eigenvalue weighted by molar-refractivity contribution is -0.138. The Balaban J connectivity index is 1.56. The summed E-state index contributed by atoms with van der Waals surface area (Å²) in [5.41, 5.74) is -2.58. The average Bonchev–Trinajstić information content (AvgIpc) is 3.01. The summed E-state index contributed by atoms with van der Waals surface area (Å²) >= 11 is 5.56. The Morgan fingerprint density at radius 2 is 1.79 bits per heavy atom. The molecule has 0 unspecified atom stereocenters. The van der Waals surface area contributed by atoms with Gasteiger partial charge in [-0.05, 0) is 76.6 Å². The molecule has 2 saturated heterocycles. The quantitative estimate of drug-likeness (QED) is 0.346. The molecular formula is C27H36F3N5O2S. The van der Waals surface area contributed by atoms with Gasteiger partial charge in [-0.15, -0.1) is 0 Å². The number of anilines is 1. The number of hydrogen-bond acceptors (Lipinski definition) is 5. The molecule has 2 aliphatic heterocycles. The molecule has 0 bridgehead atoms. The van der Waals surface area contributed by atoms with Gasteiger partial charge in [0.25, 0.3) is 5.91 Å². The molecule has 0 spiro atoms. The number of carbonyl (C=O) groups is 2. The van der Waals surface area contributed by atoms with Gasteiger partial charge in [0.1, 0.15) is 5.54 Å². The standard InChI is InChI=1S/C27H36F3N5O2S/c1-19(2)23(36)33-13-8-12-32(15-16-33)11-6-5-7-14-34-25(38)35(24(37)26(34,3)4)21-10-9-20(18-31)22(17-21)27(28,29)30/h9-10,17,19H,5-8,11-16H2,1-4H3. The molecular weight excluding hydrogens is 515 g/mol. The monoisotopic (exact) mass is 551 g/mol. The summed E-state index contributed by atoms with van der Waals surface area (Å²) in [5.74, 6) is -0.186. The van der Waals surface area contributed by atoms with Gasteiger partial charge in [-0.1, -0.05) is 20.3 Å². The summed E-state index contributed by atoms with van der Waals surface area (Å²) < 4.78 is 40.5. The summed E-state index contributed by atoms with van der Waals surface area (Å²) in [7, 11) is 0. The Morgan fingerprint density at radius 1 is 1.11 bits per heavy atom. The first-order valence-electron chi connectivity index (χ1n) is 13.1. The molecule has 2 fully saturated rings. The lowest BCUT2D eigenvalue weighted by Crippen LogP contribution is -2.44. The molecule has 0 N–H and O–H groups in total. The van der Waals surface area contributed by atoms with Crippen LogP contribution in [0.15, 0.2) is 18.2 Å². The predicted octanol–water partition coefficient (Wildman–Crippen LogP) is 4.65. The van der Waals surface area contributed by atoms with Gasteiger partial charge in [0.05, 0.1) is 22.9 Å². The van der Waals surface area contributed by atoms with E-state index in [9.17, 15) is 22.8 Å². The van der Waals surface area contributed by atoms with E-state index < -0.39 is 28.7 Å². The number of benzene rings is 1. The third-order valence-corrected chi connectivity index (χ3v) is 7.66. The second-order valence-corrected chi connectivity index (χ2v) is 11.1. The highest BCUT2D eigenvalue weighted by Crippen LogP contribution is 2.38. The molecule has 0 aromatic heterocycles. The molecule has 2 aliphatic rings. The highest BCUT2D eigenvalue weighted by Gasteiger charge is 2.49. The molecule has 3 rings (SSSR count). The van der Waals surface area contributed by atoms with E-state index in [2.05, 4.69) is 4.90 Å². The summed E-state index contributed by atoms with van der Waals surface area (Å²) in [6, 6.07) is 4.78. The number of carbonyl (C=O) groups excluding carboxylic acids is 2. The zero-order valence-electron chi connectivity index (χ0n) is 22.5. The van der Waals surface area contributed by atoms with Crippen molar-refractivity contribution in [1.29, 1.82) is 5.26 Å². The summed E-state index contributed by atoms with van der Waals surface area (Å²) in [4.78, 5) is 32.8. The fraction of sp³-hybridized carbons (Fsp3) is 0.630. The lowest BCUT2D eigenvalue weighted by atomic mass is 10.0. The van der Waals surface area contributed by atoms with Crippen LogP contribution in [0.2, 0.25) is 0 Å². The second-order valence-electron chi connectivity index (χ2n) is 10.7. The Morgan fingerprint density at radius 3 is 2.42 bits per heavy atom. The van der Waals surface area contributed by atoms with Gasteiger partial charge >= 0.3 is 6.18 Å². The van der Waals surface area contributed by atoms with E-state index in [1.807, 2.05) is 18.7 Å². The molecule has 1 aromatic carbocycles. The molecule has 0 aliphatic carbocycles. The lowest BCUT2D eigenvalue weighted by Gasteiger charge is -2.29. The van der Waals surface area contributed by atoms with Crippen molar-refractivity contribution in [3.63, 3.8) is 0 Å². The van der Waals surface area contributed by atoms with Crippen molar-refractivity contribution in [2.45, 2.75) is 65.1 Å². The Bertz CT molecular complexity index is 1100. The van der Waals surface area contributed by atoms with Crippen LogP contribution in [0.25, 0.3) is 0 Å². The van der Waals surface area contributed by atoms with E-state index in [-0.39, 0.29) is 22.6 Å². The molecule has 0 atom stereocenters. The first-order chi connectivity index (χ1) is 17.8. The van der Waals surface area contributed by atoms with Crippen molar-refractivity contribution >= 4 is 34.8 Å². The first kappa shape index (κ1) is 29.8. The van der Waals surface area contributed by atoms with Gasteiger partial charge < -0.3 is 14.7 Å². The summed E-state index contributed by atoms with van der Waals surface area (Å²) in [6.07, 6.45) is -1.13. The Hall–Kier alpha value is -2.71. The first-order valence-corrected chi connectivity index (χ1v) is 13.5. The minimum atomic E-state index is -4.73. The van der Waals surface area contributed by atoms with Crippen LogP contribution in [0.3, 0.4) is 0 Å². The molecule has 0 radical (unpaired) electrons. The van der Waals surface area contributed by atoms with Crippen LogP contribution in [0.1, 0.15) is 64.5 Å². The van der Waals surface area contributed by atoms with Crippen molar-refractivity contribution in [3.05, 3.63) is 29.3 Å². The van der Waals surface area contributed by atoms with Gasteiger partial charge in [-0.2, -0.15) is 18.4 Å². The highest BCUT2D eigenvalue weighted by atomic mass is 32.1. The maximum atomic E-state index is 13.5. The summed E-state index contributed by atoms with van der Waals surface area (Å²) in [6.45, 7) is 12.1. The van der Waals surface area contributed by atoms with Crippen molar-refractivity contribution in [3.8, 4) is 6.07 Å². The minimum Gasteiger partial charge on any atom is -0.341 e. The average molecular weight is 552 g/mol. The van der Waals surface area contributed by atoms with Crippen molar-refractivity contribution in [1.82, 2.24) is 14.7 Å². The zero-order chi connectivity index (χ0) is 28.3. The van der Waals surface area contributed by atoms with Crippen molar-refractivity contribution < 1.29 is 22.8 Å². The minimum absolute atomic E-state index is 0.00746. The number of amides is 2. The number of unbranched alkanes of at least 4 members (excludes halogenated alkanes) is 2. The number of thiocarbonyl (C=S) groups is 1. The molecule has 7 nitrogen and oxygen atoms in total. The molecule has 2 amide bonds. The zero-order valence-corrected chi connectivity index (χ0v) is 23.3. The molecule has 0 saturated carbocycles. The van der Waals surface area contributed by atoms with Crippen LogP contribution in [0, 0.1) is 17.2 Å². The smallest absolute Gasteiger partial charge is 0.341 e. The maximum absolute atomic E-state index is 13.5. The van der Waals surface area contributed by atoms with Crippen LogP contribution in [0.4, 0.5) is 18.9 Å². The number of alkyl halides is 3. The van der Waals surface area contributed by atoms with Gasteiger partial charge in [0.2, 0.25) is 5.91 Å². The van der Waals surface area contributed by atoms with Crippen LogP contribution >= 0.6 is 12.2 Å². The molecule has 11 heteroatoms. The topological polar surface area (TPSA) is 70.9 Å². The van der Waals surface area contributed by atoms with E-state index in [0.29, 0.717) is 6.54 Å². The maximum Gasteiger partial charge on any atom is 0.417 e. The van der Waals surface area contributed by atoms with Crippen molar-refractivity contribution in [2.75, 3.05) is 44.2 Å². The third-order valence-electron chi connectivity index (χ3n) is 7.26. The number of hydrogen-bond donors (Lipinski definition) is 0. The third kappa shape index (κ3) is 6.46. The fourth-order valence-electron chi connectivity index (χ4n) is 5.00. The molecule has 208 valence electrons. The van der Waals surface area contributed by atoms with E-state index in [4.69, 9.17) is 17.5 Å². The fourth-order valence-corrected chi connectivity index (χ4v) is 5.51. The molecule has 1 aromatic rings. The van der Waals surface area contributed by atoms with E-state index >= 15 is 0 Å². The van der Waals surface area contributed by atoms with Gasteiger partial charge in [-0.25, -0.2) is 0 Å².